The van der Waals surface area contributed by atoms with Gasteiger partial charge in [-0.05, 0) is 51.1 Å². The van der Waals surface area contributed by atoms with Crippen molar-refractivity contribution in [3.63, 3.8) is 0 Å². The van der Waals surface area contributed by atoms with E-state index < -0.39 is 0 Å². The summed E-state index contributed by atoms with van der Waals surface area (Å²) in [6, 6.07) is 1.67. The molecule has 2 heteroatoms. The average molecular weight is 224 g/mol. The van der Waals surface area contributed by atoms with Crippen LogP contribution in [-0.2, 0) is 0 Å². The summed E-state index contributed by atoms with van der Waals surface area (Å²) < 4.78 is 0. The number of hydrogen-bond acceptors (Lipinski definition) is 2. The summed E-state index contributed by atoms with van der Waals surface area (Å²) in [4.78, 5) is 2.74. The molecule has 1 atom stereocenters. The molecule has 1 unspecified atom stereocenters. The van der Waals surface area contributed by atoms with Crippen LogP contribution in [-0.4, -0.2) is 36.6 Å². The fourth-order valence-electron chi connectivity index (χ4n) is 2.73. The minimum atomic E-state index is 0.804. The molecule has 16 heavy (non-hydrogen) atoms. The lowest BCUT2D eigenvalue weighted by Gasteiger charge is -2.37. The molecule has 94 valence electrons. The van der Waals surface area contributed by atoms with E-state index >= 15 is 0 Å². The SMILES string of the molecule is CCCC(CNC1CC1)N1CCC(C)CC1. The van der Waals surface area contributed by atoms with Crippen molar-refractivity contribution in [3.8, 4) is 0 Å². The Balaban J connectivity index is 1.75. The third-order valence-electron chi connectivity index (χ3n) is 4.18. The molecule has 1 aliphatic heterocycles. The Morgan fingerprint density at radius 3 is 2.44 bits per heavy atom. The molecule has 1 N–H and O–H groups in total. The van der Waals surface area contributed by atoms with E-state index in [4.69, 9.17) is 0 Å². The molecule has 1 aliphatic carbocycles. The highest BCUT2D eigenvalue weighted by Crippen LogP contribution is 2.22. The summed E-state index contributed by atoms with van der Waals surface area (Å²) >= 11 is 0. The Hall–Kier alpha value is -0.0800. The molecule has 1 saturated carbocycles. The van der Waals surface area contributed by atoms with Crippen molar-refractivity contribution in [2.75, 3.05) is 19.6 Å². The van der Waals surface area contributed by atoms with E-state index in [-0.39, 0.29) is 0 Å². The average Bonchev–Trinajstić information content (AvgIpc) is 3.09. The molecule has 2 nitrogen and oxygen atoms in total. The fraction of sp³-hybridized carbons (Fsp3) is 1.00. The third-order valence-corrected chi connectivity index (χ3v) is 4.18. The first kappa shape index (κ1) is 12.4. The second kappa shape index (κ2) is 6.02. The van der Waals surface area contributed by atoms with Gasteiger partial charge in [0.1, 0.15) is 0 Å². The maximum atomic E-state index is 3.71. The van der Waals surface area contributed by atoms with Gasteiger partial charge in [-0.25, -0.2) is 0 Å². The molecule has 0 aromatic carbocycles. The molecule has 0 radical (unpaired) electrons. The van der Waals surface area contributed by atoms with Crippen LogP contribution >= 0.6 is 0 Å². The van der Waals surface area contributed by atoms with Crippen LogP contribution in [0, 0.1) is 5.92 Å². The molecular weight excluding hydrogens is 196 g/mol. The first-order valence-corrected chi connectivity index (χ1v) is 7.27. The summed E-state index contributed by atoms with van der Waals surface area (Å²) in [5.41, 5.74) is 0. The summed E-state index contributed by atoms with van der Waals surface area (Å²) in [6.07, 6.45) is 8.33. The zero-order valence-corrected chi connectivity index (χ0v) is 11.0. The quantitative estimate of drug-likeness (QED) is 0.746. The summed E-state index contributed by atoms with van der Waals surface area (Å²) in [5.74, 6) is 0.954. The van der Waals surface area contributed by atoms with Crippen LogP contribution in [0.15, 0.2) is 0 Å². The van der Waals surface area contributed by atoms with Gasteiger partial charge in [-0.2, -0.15) is 0 Å². The Kier molecular flexibility index (Phi) is 4.66. The van der Waals surface area contributed by atoms with Crippen LogP contribution < -0.4 is 5.32 Å². The smallest absolute Gasteiger partial charge is 0.0220 e. The molecule has 2 aliphatic rings. The molecule has 2 rings (SSSR count). The number of piperidine rings is 1. The first-order valence-electron chi connectivity index (χ1n) is 7.27. The van der Waals surface area contributed by atoms with Crippen molar-refractivity contribution in [3.05, 3.63) is 0 Å². The van der Waals surface area contributed by atoms with E-state index in [1.807, 2.05) is 0 Å². The Morgan fingerprint density at radius 2 is 1.88 bits per heavy atom. The second-order valence-corrected chi connectivity index (χ2v) is 5.84. The largest absolute Gasteiger partial charge is 0.312 e. The Bertz CT molecular complexity index is 193. The lowest BCUT2D eigenvalue weighted by molar-refractivity contribution is 0.128. The van der Waals surface area contributed by atoms with Crippen LogP contribution in [0.5, 0.6) is 0 Å². The minimum absolute atomic E-state index is 0.804. The fourth-order valence-corrected chi connectivity index (χ4v) is 2.73. The highest BCUT2D eigenvalue weighted by Gasteiger charge is 2.26. The zero-order chi connectivity index (χ0) is 11.4. The molecule has 0 spiro atoms. The van der Waals surface area contributed by atoms with Crippen LogP contribution in [0.2, 0.25) is 0 Å². The van der Waals surface area contributed by atoms with Crippen molar-refractivity contribution in [2.24, 2.45) is 5.92 Å². The summed E-state index contributed by atoms with van der Waals surface area (Å²) in [5, 5.41) is 3.71. The normalized spacial score (nSPS) is 25.9. The topological polar surface area (TPSA) is 15.3 Å². The van der Waals surface area contributed by atoms with Gasteiger partial charge in [0.2, 0.25) is 0 Å². The maximum absolute atomic E-state index is 3.71. The third kappa shape index (κ3) is 3.74. The van der Waals surface area contributed by atoms with Crippen LogP contribution in [0.4, 0.5) is 0 Å². The van der Waals surface area contributed by atoms with E-state index in [9.17, 15) is 0 Å². The number of nitrogens with one attached hydrogen (secondary N) is 1. The first-order chi connectivity index (χ1) is 7.79. The lowest BCUT2D eigenvalue weighted by atomic mass is 9.97. The number of nitrogens with zero attached hydrogens (tertiary/aromatic N) is 1. The van der Waals surface area contributed by atoms with Gasteiger partial charge in [-0.3, -0.25) is 4.90 Å². The van der Waals surface area contributed by atoms with Crippen molar-refractivity contribution in [1.82, 2.24) is 10.2 Å². The van der Waals surface area contributed by atoms with E-state index in [0.29, 0.717) is 0 Å². The van der Waals surface area contributed by atoms with E-state index in [1.54, 1.807) is 0 Å². The Labute approximate surface area is 101 Å². The number of hydrogen-bond donors (Lipinski definition) is 1. The van der Waals surface area contributed by atoms with E-state index in [0.717, 1.165) is 18.0 Å². The van der Waals surface area contributed by atoms with E-state index in [2.05, 4.69) is 24.1 Å². The molecule has 0 bridgehead atoms. The predicted molar refractivity (Wildman–Crippen MR) is 69.7 cm³/mol. The van der Waals surface area contributed by atoms with Gasteiger partial charge < -0.3 is 5.32 Å². The second-order valence-electron chi connectivity index (χ2n) is 5.84. The van der Waals surface area contributed by atoms with Gasteiger partial charge in [0.25, 0.3) is 0 Å². The number of rotatable bonds is 6. The molecule has 0 aromatic rings. The molecule has 0 aromatic heterocycles. The van der Waals surface area contributed by atoms with Crippen molar-refractivity contribution in [2.45, 2.75) is 64.5 Å². The lowest BCUT2D eigenvalue weighted by Crippen LogP contribution is -2.46. The van der Waals surface area contributed by atoms with Crippen molar-refractivity contribution >= 4 is 0 Å². The monoisotopic (exact) mass is 224 g/mol. The molecule has 1 heterocycles. The van der Waals surface area contributed by atoms with Gasteiger partial charge >= 0.3 is 0 Å². The standard InChI is InChI=1S/C14H28N2/c1-3-4-14(11-15-13-5-6-13)16-9-7-12(2)8-10-16/h12-15H,3-11H2,1-2H3. The van der Waals surface area contributed by atoms with Crippen LogP contribution in [0.25, 0.3) is 0 Å². The molecule has 0 amide bonds. The molecule has 1 saturated heterocycles. The van der Waals surface area contributed by atoms with Gasteiger partial charge in [0.05, 0.1) is 0 Å². The minimum Gasteiger partial charge on any atom is -0.312 e. The summed E-state index contributed by atoms with van der Waals surface area (Å²) in [7, 11) is 0. The zero-order valence-electron chi connectivity index (χ0n) is 11.0. The highest BCUT2D eigenvalue weighted by atomic mass is 15.2. The van der Waals surface area contributed by atoms with E-state index in [1.165, 1.54) is 58.2 Å². The number of likely N-dealkylation sites (tertiary alicyclic amines) is 1. The van der Waals surface area contributed by atoms with Gasteiger partial charge in [0.15, 0.2) is 0 Å². The van der Waals surface area contributed by atoms with Crippen molar-refractivity contribution < 1.29 is 0 Å². The van der Waals surface area contributed by atoms with Crippen molar-refractivity contribution in [1.29, 1.82) is 0 Å². The molecule has 2 fully saturated rings. The predicted octanol–water partition coefficient (Wildman–Crippen LogP) is 2.64. The van der Waals surface area contributed by atoms with Gasteiger partial charge in [-0.1, -0.05) is 20.3 Å². The van der Waals surface area contributed by atoms with Crippen LogP contribution in [0.3, 0.4) is 0 Å². The van der Waals surface area contributed by atoms with Gasteiger partial charge in [-0.15, -0.1) is 0 Å². The highest BCUT2D eigenvalue weighted by molar-refractivity contribution is 4.85. The maximum Gasteiger partial charge on any atom is 0.0220 e. The van der Waals surface area contributed by atoms with Crippen LogP contribution in [0.1, 0.15) is 52.4 Å². The Morgan fingerprint density at radius 1 is 1.19 bits per heavy atom. The molecular formula is C14H28N2. The summed E-state index contributed by atoms with van der Waals surface area (Å²) in [6.45, 7) is 8.61. The van der Waals surface area contributed by atoms with Gasteiger partial charge in [0, 0.05) is 18.6 Å².